The molecular formula is C24H21F2N3O2. The summed E-state index contributed by atoms with van der Waals surface area (Å²) in [5, 5.41) is 19.3. The van der Waals surface area contributed by atoms with E-state index in [9.17, 15) is 19.1 Å². The quantitative estimate of drug-likeness (QED) is 0.490. The highest BCUT2D eigenvalue weighted by atomic mass is 19.1. The summed E-state index contributed by atoms with van der Waals surface area (Å²) in [6, 6.07) is 8.52. The number of nitrogens with zero attached hydrogens (tertiary/aromatic N) is 2. The number of hydroxylamine groups is 1. The molecule has 7 heteroatoms. The first kappa shape index (κ1) is 21.9. The molecule has 0 unspecified atom stereocenters. The Morgan fingerprint density at radius 1 is 1.19 bits per heavy atom. The lowest BCUT2D eigenvalue weighted by atomic mass is 9.88. The van der Waals surface area contributed by atoms with Crippen molar-refractivity contribution in [3.63, 3.8) is 0 Å². The minimum Gasteiger partial charge on any atom is -0.508 e. The number of hydrogen-bond donors (Lipinski definition) is 2. The maximum Gasteiger partial charge on any atom is 0.182 e. The zero-order chi connectivity index (χ0) is 22.8. The minimum absolute atomic E-state index is 0.0497. The molecule has 0 fully saturated rings. The Balaban J connectivity index is 2.38. The van der Waals surface area contributed by atoms with Gasteiger partial charge in [-0.25, -0.2) is 24.1 Å². The molecule has 0 amide bonds. The third-order valence-corrected chi connectivity index (χ3v) is 4.59. The van der Waals surface area contributed by atoms with Crippen LogP contribution in [0.3, 0.4) is 0 Å². The van der Waals surface area contributed by atoms with Crippen molar-refractivity contribution in [1.82, 2.24) is 5.48 Å². The summed E-state index contributed by atoms with van der Waals surface area (Å²) in [5.74, 6) is -1.19. The van der Waals surface area contributed by atoms with Crippen molar-refractivity contribution in [3.05, 3.63) is 89.2 Å². The molecule has 0 saturated carbocycles. The van der Waals surface area contributed by atoms with Gasteiger partial charge >= 0.3 is 0 Å². The molecule has 0 spiro atoms. The molecule has 0 saturated heterocycles. The molecule has 2 aromatic rings. The second-order valence-electron chi connectivity index (χ2n) is 7.47. The molecule has 1 heterocycles. The molecule has 0 bridgehead atoms. The van der Waals surface area contributed by atoms with Crippen LogP contribution < -0.4 is 5.48 Å². The van der Waals surface area contributed by atoms with Crippen LogP contribution in [0, 0.1) is 23.0 Å². The Morgan fingerprint density at radius 2 is 1.87 bits per heavy atom. The van der Waals surface area contributed by atoms with E-state index in [1.807, 2.05) is 0 Å². The van der Waals surface area contributed by atoms with Crippen LogP contribution in [-0.4, -0.2) is 16.7 Å². The highest BCUT2D eigenvalue weighted by Gasteiger charge is 2.29. The van der Waals surface area contributed by atoms with Crippen LogP contribution in [0.4, 0.5) is 8.78 Å². The molecule has 0 atom stereocenters. The summed E-state index contributed by atoms with van der Waals surface area (Å²) in [5.41, 5.74) is 4.59. The number of aliphatic hydroxyl groups is 1. The van der Waals surface area contributed by atoms with E-state index in [-0.39, 0.29) is 11.3 Å². The van der Waals surface area contributed by atoms with Gasteiger partial charge in [0.15, 0.2) is 11.6 Å². The number of aliphatic imine (C=N–C) groups is 1. The van der Waals surface area contributed by atoms with Crippen molar-refractivity contribution < 1.29 is 18.7 Å². The van der Waals surface area contributed by atoms with E-state index in [2.05, 4.69) is 23.1 Å². The topological polar surface area (TPSA) is 77.6 Å². The van der Waals surface area contributed by atoms with E-state index in [1.165, 1.54) is 24.3 Å². The predicted molar refractivity (Wildman–Crippen MR) is 116 cm³/mol. The van der Waals surface area contributed by atoms with Gasteiger partial charge in [-0.2, -0.15) is 5.26 Å². The van der Waals surface area contributed by atoms with Crippen LogP contribution in [0.2, 0.25) is 0 Å². The van der Waals surface area contributed by atoms with Crippen LogP contribution in [-0.2, 0) is 4.84 Å². The number of benzene rings is 2. The van der Waals surface area contributed by atoms with Crippen molar-refractivity contribution in [3.8, 4) is 17.2 Å². The zero-order valence-electron chi connectivity index (χ0n) is 17.3. The number of amidine groups is 1. The number of nitrogens with one attached hydrogen (secondary N) is 1. The van der Waals surface area contributed by atoms with Crippen LogP contribution in [0.25, 0.3) is 16.7 Å². The second kappa shape index (κ2) is 8.54. The van der Waals surface area contributed by atoms with Crippen molar-refractivity contribution in [2.45, 2.75) is 26.5 Å². The monoisotopic (exact) mass is 421 g/mol. The molecule has 158 valence electrons. The zero-order valence-corrected chi connectivity index (χ0v) is 17.3. The first-order valence-corrected chi connectivity index (χ1v) is 9.42. The normalized spacial score (nSPS) is 15.8. The van der Waals surface area contributed by atoms with E-state index in [1.54, 1.807) is 39.0 Å². The SMILES string of the molecule is C=C/C(O)=C\C=C(/C)c1cc(C#N)cc(C2=NC(C)(C)ON2)c1-c1cc(F)cc(F)c1. The first-order chi connectivity index (χ1) is 14.6. The van der Waals surface area contributed by atoms with Gasteiger partial charge in [0.2, 0.25) is 0 Å². The lowest BCUT2D eigenvalue weighted by Gasteiger charge is -2.17. The molecular weight excluding hydrogens is 400 g/mol. The van der Waals surface area contributed by atoms with Crippen molar-refractivity contribution in [2.24, 2.45) is 4.99 Å². The van der Waals surface area contributed by atoms with Gasteiger partial charge in [-0.15, -0.1) is 0 Å². The summed E-state index contributed by atoms with van der Waals surface area (Å²) in [7, 11) is 0. The molecule has 0 aromatic heterocycles. The molecule has 31 heavy (non-hydrogen) atoms. The summed E-state index contributed by atoms with van der Waals surface area (Å²) < 4.78 is 28.2. The maximum absolute atomic E-state index is 14.1. The van der Waals surface area contributed by atoms with Gasteiger partial charge < -0.3 is 5.11 Å². The molecule has 3 rings (SSSR count). The Hall–Kier alpha value is -3.76. The summed E-state index contributed by atoms with van der Waals surface area (Å²) in [4.78, 5) is 9.95. The summed E-state index contributed by atoms with van der Waals surface area (Å²) in [6.07, 6.45) is 4.34. The second-order valence-corrected chi connectivity index (χ2v) is 7.47. The molecule has 2 N–H and O–H groups in total. The van der Waals surface area contributed by atoms with Crippen molar-refractivity contribution in [1.29, 1.82) is 5.26 Å². The smallest absolute Gasteiger partial charge is 0.182 e. The molecule has 5 nitrogen and oxygen atoms in total. The number of hydrogen-bond acceptors (Lipinski definition) is 5. The standard InChI is InChI=1S/C24H21F2N3O2/c1-5-19(30)7-6-14(2)20-8-15(13-27)9-21(23-28-24(3,4)31-29-23)22(20)16-10-17(25)12-18(26)11-16/h5-12,30H,1H2,2-4H3,(H,28,29)/b14-6+,19-7+. The Morgan fingerprint density at radius 3 is 2.42 bits per heavy atom. The Bertz CT molecular complexity index is 1170. The fraction of sp³-hybridized carbons (Fsp3) is 0.167. The summed E-state index contributed by atoms with van der Waals surface area (Å²) >= 11 is 0. The van der Waals surface area contributed by atoms with Gasteiger partial charge in [0.05, 0.1) is 11.6 Å². The van der Waals surface area contributed by atoms with Gasteiger partial charge in [-0.1, -0.05) is 12.7 Å². The van der Waals surface area contributed by atoms with Crippen LogP contribution in [0.15, 0.2) is 65.9 Å². The lowest BCUT2D eigenvalue weighted by Crippen LogP contribution is -2.24. The Kier molecular flexibility index (Phi) is 6.04. The molecule has 2 aromatic carbocycles. The number of rotatable bonds is 5. The molecule has 0 radical (unpaired) electrons. The van der Waals surface area contributed by atoms with Crippen molar-refractivity contribution >= 4 is 11.4 Å². The van der Waals surface area contributed by atoms with Gasteiger partial charge in [0, 0.05) is 17.2 Å². The van der Waals surface area contributed by atoms with Gasteiger partial charge in [-0.3, -0.25) is 0 Å². The number of allylic oxidation sites excluding steroid dienone is 4. The van der Waals surface area contributed by atoms with E-state index in [4.69, 9.17) is 4.84 Å². The third-order valence-electron chi connectivity index (χ3n) is 4.59. The highest BCUT2D eigenvalue weighted by molar-refractivity contribution is 6.07. The lowest BCUT2D eigenvalue weighted by molar-refractivity contribution is -0.0269. The van der Waals surface area contributed by atoms with Crippen LogP contribution in [0.5, 0.6) is 0 Å². The average Bonchev–Trinajstić information content (AvgIpc) is 3.09. The average molecular weight is 421 g/mol. The number of aliphatic hydroxyl groups excluding tert-OH is 1. The predicted octanol–water partition coefficient (Wildman–Crippen LogP) is 5.55. The van der Waals surface area contributed by atoms with Gasteiger partial charge in [-0.05, 0) is 73.9 Å². The number of halogens is 2. The largest absolute Gasteiger partial charge is 0.508 e. The fourth-order valence-corrected chi connectivity index (χ4v) is 3.19. The molecule has 1 aliphatic rings. The van der Waals surface area contributed by atoms with E-state index < -0.39 is 17.4 Å². The number of nitriles is 1. The molecule has 1 aliphatic heterocycles. The minimum atomic E-state index is -0.855. The van der Waals surface area contributed by atoms with E-state index in [0.717, 1.165) is 6.07 Å². The van der Waals surface area contributed by atoms with Crippen molar-refractivity contribution in [2.75, 3.05) is 0 Å². The van der Waals surface area contributed by atoms with Crippen LogP contribution in [0.1, 0.15) is 37.5 Å². The van der Waals surface area contributed by atoms with E-state index in [0.29, 0.717) is 33.7 Å². The van der Waals surface area contributed by atoms with Gasteiger partial charge in [0.25, 0.3) is 0 Å². The summed E-state index contributed by atoms with van der Waals surface area (Å²) in [6.45, 7) is 8.75. The Labute approximate surface area is 179 Å². The van der Waals surface area contributed by atoms with Crippen LogP contribution >= 0.6 is 0 Å². The first-order valence-electron chi connectivity index (χ1n) is 9.42. The maximum atomic E-state index is 14.1. The van der Waals surface area contributed by atoms with E-state index >= 15 is 0 Å². The fourth-order valence-electron chi connectivity index (χ4n) is 3.19. The van der Waals surface area contributed by atoms with Gasteiger partial charge in [0.1, 0.15) is 17.4 Å². The third kappa shape index (κ3) is 4.87. The highest BCUT2D eigenvalue weighted by Crippen LogP contribution is 2.36. The molecule has 0 aliphatic carbocycles.